The van der Waals surface area contributed by atoms with E-state index in [9.17, 15) is 13.2 Å². The van der Waals surface area contributed by atoms with Gasteiger partial charge in [-0.25, -0.2) is 8.42 Å². The van der Waals surface area contributed by atoms with Crippen LogP contribution in [0.2, 0.25) is 0 Å². The van der Waals surface area contributed by atoms with Gasteiger partial charge in [-0.1, -0.05) is 6.42 Å². The minimum atomic E-state index is -3.66. The molecule has 1 aliphatic rings. The number of hydrogen-bond donors (Lipinski definition) is 1. The van der Waals surface area contributed by atoms with Crippen LogP contribution in [0, 0.1) is 6.92 Å². The minimum absolute atomic E-state index is 0.0852. The second kappa shape index (κ2) is 7.77. The zero-order chi connectivity index (χ0) is 18.7. The van der Waals surface area contributed by atoms with Gasteiger partial charge in [-0.05, 0) is 50.1 Å². The Balaban J connectivity index is 1.90. The van der Waals surface area contributed by atoms with E-state index >= 15 is 0 Å². The molecule has 3 rings (SSSR count). The van der Waals surface area contributed by atoms with Crippen LogP contribution < -0.4 is 10.1 Å². The van der Waals surface area contributed by atoms with E-state index in [0.29, 0.717) is 23.7 Å². The maximum atomic E-state index is 13.0. The Kier molecular flexibility index (Phi) is 5.64. The van der Waals surface area contributed by atoms with E-state index in [1.807, 2.05) is 13.0 Å². The molecule has 0 spiro atoms. The van der Waals surface area contributed by atoms with Gasteiger partial charge in [0.05, 0.1) is 12.0 Å². The lowest BCUT2D eigenvalue weighted by atomic mass is 10.2. The van der Waals surface area contributed by atoms with E-state index in [0.717, 1.165) is 24.1 Å². The summed E-state index contributed by atoms with van der Waals surface area (Å²) in [6, 6.07) is 8.32. The summed E-state index contributed by atoms with van der Waals surface area (Å²) in [5, 5.41) is 2.77. The van der Waals surface area contributed by atoms with Crippen molar-refractivity contribution in [1.82, 2.24) is 4.31 Å². The van der Waals surface area contributed by atoms with Crippen LogP contribution in [-0.4, -0.2) is 38.8 Å². The number of rotatable bonds is 5. The zero-order valence-corrected chi connectivity index (χ0v) is 16.5. The van der Waals surface area contributed by atoms with Crippen LogP contribution in [0.3, 0.4) is 0 Å². The summed E-state index contributed by atoms with van der Waals surface area (Å²) in [7, 11) is -2.22. The number of sulfonamides is 1. The van der Waals surface area contributed by atoms with Gasteiger partial charge in [0.15, 0.2) is 0 Å². The SMILES string of the molecule is COc1ccc(NC(=O)c2ccc(C)s2)cc1S(=O)(=O)N1CCCCC1. The third-order valence-electron chi connectivity index (χ3n) is 4.32. The number of thiophene rings is 1. The first kappa shape index (κ1) is 18.9. The molecule has 26 heavy (non-hydrogen) atoms. The first-order chi connectivity index (χ1) is 12.4. The van der Waals surface area contributed by atoms with Crippen molar-refractivity contribution in [1.29, 1.82) is 0 Å². The lowest BCUT2D eigenvalue weighted by Crippen LogP contribution is -2.35. The summed E-state index contributed by atoms with van der Waals surface area (Å²) in [6.07, 6.45) is 2.75. The molecule has 1 aliphatic heterocycles. The largest absolute Gasteiger partial charge is 0.495 e. The molecule has 1 amide bonds. The predicted octanol–water partition coefficient (Wildman–Crippen LogP) is 3.49. The van der Waals surface area contributed by atoms with Crippen LogP contribution >= 0.6 is 11.3 Å². The van der Waals surface area contributed by atoms with Crippen molar-refractivity contribution in [2.45, 2.75) is 31.1 Å². The van der Waals surface area contributed by atoms with Crippen LogP contribution in [0.25, 0.3) is 0 Å². The van der Waals surface area contributed by atoms with Crippen molar-refractivity contribution in [2.75, 3.05) is 25.5 Å². The highest BCUT2D eigenvalue weighted by atomic mass is 32.2. The molecule has 2 heterocycles. The molecule has 8 heteroatoms. The van der Waals surface area contributed by atoms with Gasteiger partial charge in [-0.3, -0.25) is 4.79 Å². The molecule has 1 fully saturated rings. The lowest BCUT2D eigenvalue weighted by Gasteiger charge is -2.26. The number of nitrogens with one attached hydrogen (secondary N) is 1. The first-order valence-electron chi connectivity index (χ1n) is 8.48. The Morgan fingerprint density at radius 2 is 1.88 bits per heavy atom. The van der Waals surface area contributed by atoms with Crippen molar-refractivity contribution < 1.29 is 17.9 Å². The van der Waals surface area contributed by atoms with Gasteiger partial charge in [-0.15, -0.1) is 11.3 Å². The number of anilines is 1. The highest BCUT2D eigenvalue weighted by Gasteiger charge is 2.29. The van der Waals surface area contributed by atoms with E-state index < -0.39 is 10.0 Å². The van der Waals surface area contributed by atoms with Crippen LogP contribution in [0.15, 0.2) is 35.2 Å². The van der Waals surface area contributed by atoms with Crippen molar-refractivity contribution >= 4 is 33.0 Å². The fraction of sp³-hybridized carbons (Fsp3) is 0.389. The summed E-state index contributed by atoms with van der Waals surface area (Å²) >= 11 is 1.39. The topological polar surface area (TPSA) is 75.7 Å². The molecule has 1 aromatic heterocycles. The standard InChI is InChI=1S/C18H22N2O4S2/c1-13-6-9-16(25-13)18(21)19-14-7-8-15(24-2)17(12-14)26(22,23)20-10-4-3-5-11-20/h6-9,12H,3-5,10-11H2,1-2H3,(H,19,21). The van der Waals surface area contributed by atoms with Crippen molar-refractivity contribution in [3.8, 4) is 5.75 Å². The molecule has 0 unspecified atom stereocenters. The Morgan fingerprint density at radius 3 is 2.50 bits per heavy atom. The summed E-state index contributed by atoms with van der Waals surface area (Å²) in [4.78, 5) is 14.1. The first-order valence-corrected chi connectivity index (χ1v) is 10.7. The third kappa shape index (κ3) is 3.92. The predicted molar refractivity (Wildman–Crippen MR) is 103 cm³/mol. The Hall–Kier alpha value is -1.90. The molecule has 0 bridgehead atoms. The van der Waals surface area contributed by atoms with Gasteiger partial charge < -0.3 is 10.1 Å². The van der Waals surface area contributed by atoms with E-state index in [-0.39, 0.29) is 16.6 Å². The highest BCUT2D eigenvalue weighted by molar-refractivity contribution is 7.89. The number of ether oxygens (including phenoxy) is 1. The number of benzene rings is 1. The van der Waals surface area contributed by atoms with Crippen LogP contribution in [0.5, 0.6) is 5.75 Å². The van der Waals surface area contributed by atoms with E-state index in [4.69, 9.17) is 4.74 Å². The Morgan fingerprint density at radius 1 is 1.15 bits per heavy atom. The lowest BCUT2D eigenvalue weighted by molar-refractivity contribution is 0.103. The van der Waals surface area contributed by atoms with E-state index in [2.05, 4.69) is 5.32 Å². The second-order valence-corrected chi connectivity index (χ2v) is 9.39. The number of methoxy groups -OCH3 is 1. The summed E-state index contributed by atoms with van der Waals surface area (Å²) < 4.78 is 32.8. The average Bonchev–Trinajstić information content (AvgIpc) is 3.09. The van der Waals surface area contributed by atoms with Crippen LogP contribution in [-0.2, 0) is 10.0 Å². The van der Waals surface area contributed by atoms with Gasteiger partial charge >= 0.3 is 0 Å². The fourth-order valence-electron chi connectivity index (χ4n) is 2.95. The van der Waals surface area contributed by atoms with Gasteiger partial charge in [0, 0.05) is 23.7 Å². The average molecular weight is 395 g/mol. The van der Waals surface area contributed by atoms with Crippen molar-refractivity contribution in [3.05, 3.63) is 40.1 Å². The number of piperidine rings is 1. The molecule has 1 aromatic carbocycles. The Bertz CT molecular complexity index is 900. The molecule has 0 radical (unpaired) electrons. The van der Waals surface area contributed by atoms with Crippen LogP contribution in [0.1, 0.15) is 33.8 Å². The molecule has 0 aliphatic carbocycles. The number of carbonyl (C=O) groups is 1. The normalized spacial score (nSPS) is 15.6. The molecule has 1 N–H and O–H groups in total. The summed E-state index contributed by atoms with van der Waals surface area (Å²) in [6.45, 7) is 2.95. The second-order valence-electron chi connectivity index (χ2n) is 6.19. The van der Waals surface area contributed by atoms with Gasteiger partial charge in [0.25, 0.3) is 5.91 Å². The summed E-state index contributed by atoms with van der Waals surface area (Å²) in [5.74, 6) is 0.0233. The summed E-state index contributed by atoms with van der Waals surface area (Å²) in [5.41, 5.74) is 0.428. The molecular formula is C18H22N2O4S2. The number of aryl methyl sites for hydroxylation is 1. The molecule has 1 saturated heterocycles. The number of nitrogens with zero attached hydrogens (tertiary/aromatic N) is 1. The van der Waals surface area contributed by atoms with Gasteiger partial charge in [0.2, 0.25) is 10.0 Å². The molecule has 2 aromatic rings. The fourth-order valence-corrected chi connectivity index (χ4v) is 5.41. The van der Waals surface area contributed by atoms with Crippen molar-refractivity contribution in [2.24, 2.45) is 0 Å². The number of carbonyl (C=O) groups excluding carboxylic acids is 1. The van der Waals surface area contributed by atoms with E-state index in [1.54, 1.807) is 18.2 Å². The molecule has 6 nitrogen and oxygen atoms in total. The van der Waals surface area contributed by atoms with Crippen molar-refractivity contribution in [3.63, 3.8) is 0 Å². The van der Waals surface area contributed by atoms with Gasteiger partial charge in [-0.2, -0.15) is 4.31 Å². The quantitative estimate of drug-likeness (QED) is 0.842. The minimum Gasteiger partial charge on any atom is -0.495 e. The maximum Gasteiger partial charge on any atom is 0.265 e. The monoisotopic (exact) mass is 394 g/mol. The van der Waals surface area contributed by atoms with Crippen LogP contribution in [0.4, 0.5) is 5.69 Å². The van der Waals surface area contributed by atoms with E-state index in [1.165, 1.54) is 28.8 Å². The molecule has 140 valence electrons. The molecule has 0 saturated carbocycles. The number of amides is 1. The Labute approximate surface area is 157 Å². The highest BCUT2D eigenvalue weighted by Crippen LogP contribution is 2.31. The molecular weight excluding hydrogens is 372 g/mol. The maximum absolute atomic E-state index is 13.0. The third-order valence-corrected chi connectivity index (χ3v) is 7.24. The number of hydrogen-bond acceptors (Lipinski definition) is 5. The molecule has 0 atom stereocenters. The smallest absolute Gasteiger partial charge is 0.265 e. The zero-order valence-electron chi connectivity index (χ0n) is 14.8. The van der Waals surface area contributed by atoms with Gasteiger partial charge in [0.1, 0.15) is 10.6 Å².